The third kappa shape index (κ3) is 1.62. The second-order valence-corrected chi connectivity index (χ2v) is 1.61. The largest absolute Gasteiger partial charge is 0.187 e. The van der Waals surface area contributed by atoms with Crippen molar-refractivity contribution in [3.63, 3.8) is 0 Å². The molecule has 0 saturated heterocycles. The van der Waals surface area contributed by atoms with E-state index in [1.54, 1.807) is 11.3 Å². The van der Waals surface area contributed by atoms with Gasteiger partial charge in [-0.1, -0.05) is 12.1 Å². The topological polar surface area (TPSA) is 0 Å². The lowest BCUT2D eigenvalue weighted by atomic mass is 10.7. The van der Waals surface area contributed by atoms with Crippen LogP contribution < -0.4 is 0 Å². The Balaban J connectivity index is 0.000000250. The van der Waals surface area contributed by atoms with Gasteiger partial charge in [-0.25, -0.2) is 0 Å². The number of rotatable bonds is 0. The molecule has 0 aliphatic rings. The highest BCUT2D eigenvalue weighted by Gasteiger charge is 1.58. The zero-order valence-corrected chi connectivity index (χ0v) is 3.53. The quantitative estimate of drug-likeness (QED) is 0.432. The fraction of sp³-hybridized carbons (Fsp3) is 0. The molecule has 32 valence electrons. The minimum atomic E-state index is 0. The molecule has 2 heteroatoms. The minimum absolute atomic E-state index is 0. The van der Waals surface area contributed by atoms with Gasteiger partial charge >= 0.3 is 0 Å². The molecule has 0 unspecified atom stereocenters. The van der Waals surface area contributed by atoms with E-state index >= 15 is 0 Å². The van der Waals surface area contributed by atoms with E-state index in [9.17, 15) is 0 Å². The molecular weight excluding hydrogens is 107 g/mol. The van der Waals surface area contributed by atoms with Gasteiger partial charge in [0.05, 0.1) is 0 Å². The summed E-state index contributed by atoms with van der Waals surface area (Å²) in [5.41, 5.74) is 0. The molecule has 1 rings (SSSR count). The SMILES string of the molecule is [AlH3].c1ccsc1. The lowest BCUT2D eigenvalue weighted by molar-refractivity contribution is 2.03. The van der Waals surface area contributed by atoms with E-state index in [0.717, 1.165) is 0 Å². The second-order valence-electron chi connectivity index (χ2n) is 0.793. The Morgan fingerprint density at radius 2 is 1.50 bits per heavy atom. The van der Waals surface area contributed by atoms with E-state index in [0.29, 0.717) is 0 Å². The maximum atomic E-state index is 2.04. The molecule has 0 fully saturated rings. The van der Waals surface area contributed by atoms with Crippen LogP contribution in [0.25, 0.3) is 0 Å². The first-order chi connectivity index (χ1) is 2.50. The van der Waals surface area contributed by atoms with Crippen LogP contribution in [0.3, 0.4) is 0 Å². The van der Waals surface area contributed by atoms with Gasteiger partial charge in [-0.3, -0.25) is 0 Å². The van der Waals surface area contributed by atoms with E-state index in [4.69, 9.17) is 0 Å². The molecule has 1 aromatic rings. The molecule has 0 bridgehead atoms. The van der Waals surface area contributed by atoms with Crippen LogP contribution in [0, 0.1) is 0 Å². The maximum absolute atomic E-state index is 2.04. The van der Waals surface area contributed by atoms with Crippen LogP contribution >= 0.6 is 11.3 Å². The van der Waals surface area contributed by atoms with Gasteiger partial charge in [-0.05, 0) is 10.8 Å². The highest BCUT2D eigenvalue weighted by Crippen LogP contribution is 1.91. The average molecular weight is 114 g/mol. The second kappa shape index (κ2) is 3.42. The standard InChI is InChI=1S/C4H4S.Al.3H/c1-2-4-5-3-1;;;;/h1-4H;;;;. The molecule has 0 aliphatic heterocycles. The number of thiophene rings is 1. The van der Waals surface area contributed by atoms with Crippen molar-refractivity contribution < 1.29 is 0 Å². The minimum Gasteiger partial charge on any atom is -0.152 e. The van der Waals surface area contributed by atoms with Crippen molar-refractivity contribution in [2.45, 2.75) is 0 Å². The normalized spacial score (nSPS) is 6.67. The van der Waals surface area contributed by atoms with Gasteiger partial charge in [-0.2, -0.15) is 11.3 Å². The lowest BCUT2D eigenvalue weighted by Gasteiger charge is -1.39. The van der Waals surface area contributed by atoms with E-state index in [1.807, 2.05) is 22.9 Å². The maximum Gasteiger partial charge on any atom is 0.187 e. The molecule has 1 heterocycles. The highest BCUT2D eigenvalue weighted by atomic mass is 32.1. The Labute approximate surface area is 51.9 Å². The Hall–Kier alpha value is 0.232. The van der Waals surface area contributed by atoms with Gasteiger partial charge in [0, 0.05) is 0 Å². The average Bonchev–Trinajstić information content (AvgIpc) is 1.76. The number of hydrogen-bond donors (Lipinski definition) is 0. The molecular formula is C4H7AlS. The Kier molecular flexibility index (Phi) is 3.56. The van der Waals surface area contributed by atoms with Crippen molar-refractivity contribution in [3.8, 4) is 0 Å². The molecule has 0 aliphatic carbocycles. The first-order valence-corrected chi connectivity index (χ1v) is 2.41. The zero-order valence-electron chi connectivity index (χ0n) is 2.72. The summed E-state index contributed by atoms with van der Waals surface area (Å²) in [6.07, 6.45) is 0. The van der Waals surface area contributed by atoms with Crippen molar-refractivity contribution in [1.29, 1.82) is 0 Å². The van der Waals surface area contributed by atoms with Crippen LogP contribution in [0.2, 0.25) is 0 Å². The Morgan fingerprint density at radius 1 is 1.00 bits per heavy atom. The van der Waals surface area contributed by atoms with E-state index < -0.39 is 0 Å². The molecule has 0 nitrogen and oxygen atoms in total. The summed E-state index contributed by atoms with van der Waals surface area (Å²) in [6, 6.07) is 4.04. The van der Waals surface area contributed by atoms with Crippen molar-refractivity contribution in [3.05, 3.63) is 22.9 Å². The monoisotopic (exact) mass is 114 g/mol. The third-order valence-electron chi connectivity index (χ3n) is 0.425. The van der Waals surface area contributed by atoms with Gasteiger partial charge in [-0.15, -0.1) is 0 Å². The summed E-state index contributed by atoms with van der Waals surface area (Å²) in [4.78, 5) is 0. The molecule has 0 atom stereocenters. The van der Waals surface area contributed by atoms with Crippen LogP contribution in [0.1, 0.15) is 0 Å². The summed E-state index contributed by atoms with van der Waals surface area (Å²) >= 11 is 1.71. The van der Waals surface area contributed by atoms with E-state index in [-0.39, 0.29) is 17.4 Å². The van der Waals surface area contributed by atoms with Crippen molar-refractivity contribution >= 4 is 28.7 Å². The summed E-state index contributed by atoms with van der Waals surface area (Å²) in [5.74, 6) is 0. The fourth-order valence-corrected chi connectivity index (χ4v) is 0.680. The molecule has 0 amide bonds. The summed E-state index contributed by atoms with van der Waals surface area (Å²) in [6.45, 7) is 0. The highest BCUT2D eigenvalue weighted by molar-refractivity contribution is 7.07. The zero-order chi connectivity index (χ0) is 3.54. The molecule has 1 aromatic heterocycles. The molecule has 0 spiro atoms. The van der Waals surface area contributed by atoms with E-state index in [2.05, 4.69) is 0 Å². The van der Waals surface area contributed by atoms with Gasteiger partial charge in [0.1, 0.15) is 0 Å². The molecule has 0 saturated carbocycles. The van der Waals surface area contributed by atoms with Gasteiger partial charge in [0.2, 0.25) is 0 Å². The Bertz CT molecular complexity index is 64.0. The predicted molar refractivity (Wildman–Crippen MR) is 34.3 cm³/mol. The lowest BCUT2D eigenvalue weighted by Crippen LogP contribution is -1.16. The summed E-state index contributed by atoms with van der Waals surface area (Å²) in [5, 5.41) is 4.08. The van der Waals surface area contributed by atoms with Crippen molar-refractivity contribution in [2.75, 3.05) is 0 Å². The summed E-state index contributed by atoms with van der Waals surface area (Å²) in [7, 11) is 0. The Morgan fingerprint density at radius 3 is 1.67 bits per heavy atom. The van der Waals surface area contributed by atoms with Crippen molar-refractivity contribution in [1.82, 2.24) is 0 Å². The van der Waals surface area contributed by atoms with Crippen LogP contribution in [0.4, 0.5) is 0 Å². The first kappa shape index (κ1) is 6.23. The van der Waals surface area contributed by atoms with Gasteiger partial charge < -0.3 is 0 Å². The predicted octanol–water partition coefficient (Wildman–Crippen LogP) is 0.564. The van der Waals surface area contributed by atoms with Gasteiger partial charge in [0.15, 0.2) is 17.4 Å². The van der Waals surface area contributed by atoms with Crippen LogP contribution in [-0.2, 0) is 0 Å². The molecule has 0 aromatic carbocycles. The molecule has 6 heavy (non-hydrogen) atoms. The summed E-state index contributed by atoms with van der Waals surface area (Å²) < 4.78 is 0. The van der Waals surface area contributed by atoms with Crippen LogP contribution in [-0.4, -0.2) is 17.4 Å². The van der Waals surface area contributed by atoms with E-state index in [1.165, 1.54) is 0 Å². The fourth-order valence-electron chi connectivity index (χ4n) is 0.227. The third-order valence-corrected chi connectivity index (χ3v) is 1.05. The van der Waals surface area contributed by atoms with Crippen molar-refractivity contribution in [2.24, 2.45) is 0 Å². The smallest absolute Gasteiger partial charge is 0.152 e. The van der Waals surface area contributed by atoms with Crippen LogP contribution in [0.5, 0.6) is 0 Å². The first-order valence-electron chi connectivity index (χ1n) is 1.47. The molecule has 0 radical (unpaired) electrons. The number of hydrogen-bond acceptors (Lipinski definition) is 1. The van der Waals surface area contributed by atoms with Crippen LogP contribution in [0.15, 0.2) is 22.9 Å². The van der Waals surface area contributed by atoms with Gasteiger partial charge in [0.25, 0.3) is 0 Å². The molecule has 0 N–H and O–H groups in total.